The van der Waals surface area contributed by atoms with Gasteiger partial charge >= 0.3 is 0 Å². The van der Waals surface area contributed by atoms with E-state index in [1.807, 2.05) is 6.07 Å². The summed E-state index contributed by atoms with van der Waals surface area (Å²) < 4.78 is 5.03. The Bertz CT molecular complexity index is 297. The molecule has 0 radical (unpaired) electrons. The van der Waals surface area contributed by atoms with Crippen LogP contribution in [0.1, 0.15) is 24.5 Å². The molecule has 70 valence electrons. The van der Waals surface area contributed by atoms with Gasteiger partial charge in [0.05, 0.1) is 19.4 Å². The number of hydrogen-bond acceptors (Lipinski definition) is 3. The quantitative estimate of drug-likeness (QED) is 0.765. The molecule has 1 aliphatic carbocycles. The number of methoxy groups -OCH3 is 1. The number of ether oxygens (including phenoxy) is 1. The molecule has 1 unspecified atom stereocenters. The van der Waals surface area contributed by atoms with Gasteiger partial charge in [0.2, 0.25) is 0 Å². The van der Waals surface area contributed by atoms with Crippen LogP contribution >= 0.6 is 0 Å². The fourth-order valence-electron chi connectivity index (χ4n) is 1.39. The molecule has 1 aromatic rings. The highest BCUT2D eigenvalue weighted by Gasteiger charge is 2.30. The van der Waals surface area contributed by atoms with Crippen molar-refractivity contribution < 1.29 is 9.84 Å². The van der Waals surface area contributed by atoms with Crippen molar-refractivity contribution in [3.8, 4) is 5.75 Å². The molecule has 0 aromatic carbocycles. The smallest absolute Gasteiger partial charge is 0.137 e. The Labute approximate surface area is 77.4 Å². The average molecular weight is 179 g/mol. The highest BCUT2D eigenvalue weighted by molar-refractivity contribution is 5.25. The second kappa shape index (κ2) is 3.34. The number of aliphatic hydroxyl groups excluding tert-OH is 1. The van der Waals surface area contributed by atoms with Crippen LogP contribution in [-0.4, -0.2) is 17.2 Å². The molecule has 1 aromatic heterocycles. The Hall–Kier alpha value is -1.09. The van der Waals surface area contributed by atoms with E-state index in [1.165, 1.54) is 0 Å². The summed E-state index contributed by atoms with van der Waals surface area (Å²) in [5.41, 5.74) is 0.863. The standard InChI is InChI=1S/C10H13NO2/c1-13-9-4-8(5-11-6-9)10(12)7-2-3-7/h4-7,10,12H,2-3H2,1H3. The van der Waals surface area contributed by atoms with E-state index >= 15 is 0 Å². The summed E-state index contributed by atoms with van der Waals surface area (Å²) in [4.78, 5) is 4.00. The number of pyridine rings is 1. The molecule has 0 amide bonds. The lowest BCUT2D eigenvalue weighted by Crippen LogP contribution is -2.00. The van der Waals surface area contributed by atoms with Crippen LogP contribution in [0.25, 0.3) is 0 Å². The SMILES string of the molecule is COc1cncc(C(O)C2CC2)c1. The van der Waals surface area contributed by atoms with E-state index in [0.29, 0.717) is 11.7 Å². The minimum absolute atomic E-state index is 0.359. The maximum absolute atomic E-state index is 9.78. The van der Waals surface area contributed by atoms with Crippen molar-refractivity contribution in [2.45, 2.75) is 18.9 Å². The van der Waals surface area contributed by atoms with E-state index in [4.69, 9.17) is 4.74 Å². The number of hydrogen-bond donors (Lipinski definition) is 1. The Kier molecular flexibility index (Phi) is 2.19. The van der Waals surface area contributed by atoms with Crippen LogP contribution in [0.3, 0.4) is 0 Å². The van der Waals surface area contributed by atoms with Crippen molar-refractivity contribution in [3.63, 3.8) is 0 Å². The first-order valence-corrected chi connectivity index (χ1v) is 4.48. The summed E-state index contributed by atoms with van der Waals surface area (Å²) in [7, 11) is 1.60. The van der Waals surface area contributed by atoms with E-state index in [0.717, 1.165) is 18.4 Å². The minimum Gasteiger partial charge on any atom is -0.495 e. The van der Waals surface area contributed by atoms with Crippen molar-refractivity contribution in [2.24, 2.45) is 5.92 Å². The maximum atomic E-state index is 9.78. The molecule has 1 fully saturated rings. The van der Waals surface area contributed by atoms with E-state index in [9.17, 15) is 5.11 Å². The van der Waals surface area contributed by atoms with Gasteiger partial charge in [-0.3, -0.25) is 4.98 Å². The van der Waals surface area contributed by atoms with Gasteiger partial charge in [0.25, 0.3) is 0 Å². The predicted octanol–water partition coefficient (Wildman–Crippen LogP) is 1.53. The Morgan fingerprint density at radius 2 is 2.31 bits per heavy atom. The zero-order chi connectivity index (χ0) is 9.26. The normalized spacial score (nSPS) is 18.3. The molecule has 1 atom stereocenters. The van der Waals surface area contributed by atoms with Gasteiger partial charge in [0, 0.05) is 11.8 Å². The van der Waals surface area contributed by atoms with E-state index in [1.54, 1.807) is 19.5 Å². The van der Waals surface area contributed by atoms with Crippen LogP contribution in [0.2, 0.25) is 0 Å². The highest BCUT2D eigenvalue weighted by atomic mass is 16.5. The Balaban J connectivity index is 2.18. The molecule has 1 heterocycles. The van der Waals surface area contributed by atoms with Gasteiger partial charge in [-0.1, -0.05) is 0 Å². The minimum atomic E-state index is -0.359. The van der Waals surface area contributed by atoms with Crippen LogP contribution in [0.5, 0.6) is 5.75 Å². The summed E-state index contributed by atoms with van der Waals surface area (Å²) >= 11 is 0. The lowest BCUT2D eigenvalue weighted by molar-refractivity contribution is 0.153. The molecular weight excluding hydrogens is 166 g/mol. The van der Waals surface area contributed by atoms with Crippen LogP contribution in [0.4, 0.5) is 0 Å². The predicted molar refractivity (Wildman–Crippen MR) is 48.5 cm³/mol. The van der Waals surface area contributed by atoms with Crippen LogP contribution in [0, 0.1) is 5.92 Å². The molecule has 13 heavy (non-hydrogen) atoms. The molecule has 2 rings (SSSR count). The van der Waals surface area contributed by atoms with Crippen LogP contribution < -0.4 is 4.74 Å². The Morgan fingerprint density at radius 1 is 1.54 bits per heavy atom. The zero-order valence-corrected chi connectivity index (χ0v) is 7.60. The average Bonchev–Trinajstić information content (AvgIpc) is 3.00. The Morgan fingerprint density at radius 3 is 2.92 bits per heavy atom. The second-order valence-corrected chi connectivity index (χ2v) is 3.44. The van der Waals surface area contributed by atoms with Crippen molar-refractivity contribution in [2.75, 3.05) is 7.11 Å². The van der Waals surface area contributed by atoms with E-state index < -0.39 is 0 Å². The molecule has 1 aliphatic rings. The number of aromatic nitrogens is 1. The maximum Gasteiger partial charge on any atom is 0.137 e. The summed E-state index contributed by atoms with van der Waals surface area (Å²) in [6.07, 6.45) is 5.23. The number of nitrogens with zero attached hydrogens (tertiary/aromatic N) is 1. The van der Waals surface area contributed by atoms with Gasteiger partial charge in [0.15, 0.2) is 0 Å². The molecule has 0 saturated heterocycles. The van der Waals surface area contributed by atoms with Crippen molar-refractivity contribution in [3.05, 3.63) is 24.0 Å². The first-order valence-electron chi connectivity index (χ1n) is 4.48. The summed E-state index contributed by atoms with van der Waals surface area (Å²) in [5, 5.41) is 9.78. The van der Waals surface area contributed by atoms with Gasteiger partial charge < -0.3 is 9.84 Å². The van der Waals surface area contributed by atoms with Crippen LogP contribution in [-0.2, 0) is 0 Å². The van der Waals surface area contributed by atoms with E-state index in [2.05, 4.69) is 4.98 Å². The van der Waals surface area contributed by atoms with Gasteiger partial charge in [0.1, 0.15) is 5.75 Å². The highest BCUT2D eigenvalue weighted by Crippen LogP contribution is 2.41. The third-order valence-electron chi connectivity index (χ3n) is 2.38. The largest absolute Gasteiger partial charge is 0.495 e. The summed E-state index contributed by atoms with van der Waals surface area (Å²) in [6.45, 7) is 0. The number of rotatable bonds is 3. The van der Waals surface area contributed by atoms with Crippen LogP contribution in [0.15, 0.2) is 18.5 Å². The summed E-state index contributed by atoms with van der Waals surface area (Å²) in [6, 6.07) is 1.84. The zero-order valence-electron chi connectivity index (χ0n) is 7.60. The second-order valence-electron chi connectivity index (χ2n) is 3.44. The molecule has 0 spiro atoms. The molecule has 3 nitrogen and oxygen atoms in total. The van der Waals surface area contributed by atoms with Gasteiger partial charge in [-0.2, -0.15) is 0 Å². The van der Waals surface area contributed by atoms with Crippen molar-refractivity contribution >= 4 is 0 Å². The molecule has 1 saturated carbocycles. The first-order chi connectivity index (χ1) is 6.31. The topological polar surface area (TPSA) is 42.4 Å². The van der Waals surface area contributed by atoms with Gasteiger partial charge in [-0.15, -0.1) is 0 Å². The monoisotopic (exact) mass is 179 g/mol. The third-order valence-corrected chi connectivity index (χ3v) is 2.38. The summed E-state index contributed by atoms with van der Waals surface area (Å²) in [5.74, 6) is 1.14. The van der Waals surface area contributed by atoms with Crippen molar-refractivity contribution in [1.82, 2.24) is 4.98 Å². The molecule has 0 aliphatic heterocycles. The van der Waals surface area contributed by atoms with Gasteiger partial charge in [-0.05, 0) is 24.8 Å². The number of aliphatic hydroxyl groups is 1. The van der Waals surface area contributed by atoms with E-state index in [-0.39, 0.29) is 6.10 Å². The molecular formula is C10H13NO2. The molecule has 0 bridgehead atoms. The van der Waals surface area contributed by atoms with Crippen molar-refractivity contribution in [1.29, 1.82) is 0 Å². The first kappa shape index (κ1) is 8.51. The fraction of sp³-hybridized carbons (Fsp3) is 0.500. The lowest BCUT2D eigenvalue weighted by atomic mass is 10.1. The fourth-order valence-corrected chi connectivity index (χ4v) is 1.39. The molecule has 3 heteroatoms. The van der Waals surface area contributed by atoms with Gasteiger partial charge in [-0.25, -0.2) is 0 Å². The lowest BCUT2D eigenvalue weighted by Gasteiger charge is -2.09. The molecule has 1 N–H and O–H groups in total. The third kappa shape index (κ3) is 1.80.